The van der Waals surface area contributed by atoms with E-state index < -0.39 is 0 Å². The molecule has 1 aliphatic heterocycles. The van der Waals surface area contributed by atoms with Crippen LogP contribution < -0.4 is 0 Å². The Bertz CT molecular complexity index is 225. The van der Waals surface area contributed by atoms with Gasteiger partial charge in [0.25, 0.3) is 0 Å². The maximum absolute atomic E-state index is 12.2. The summed E-state index contributed by atoms with van der Waals surface area (Å²) in [7, 11) is 1.66. The van der Waals surface area contributed by atoms with Gasteiger partial charge in [-0.05, 0) is 26.7 Å². The zero-order valence-corrected chi connectivity index (χ0v) is 12.0. The Kier molecular flexibility index (Phi) is 4.83. The number of carbonyl (C=O) groups excluding carboxylic acids is 1. The van der Waals surface area contributed by atoms with Gasteiger partial charge in [0.1, 0.15) is 0 Å². The monoisotopic (exact) mass is 325 g/mol. The number of amides is 1. The third-order valence-electron chi connectivity index (χ3n) is 3.32. The Morgan fingerprint density at radius 1 is 1.47 bits per heavy atom. The first kappa shape index (κ1) is 13.2. The lowest BCUT2D eigenvalue weighted by atomic mass is 10.0. The van der Waals surface area contributed by atoms with Crippen LogP contribution in [0.4, 0.5) is 0 Å². The minimum Gasteiger partial charge on any atom is -0.381 e. The quantitative estimate of drug-likeness (QED) is 0.453. The summed E-state index contributed by atoms with van der Waals surface area (Å²) in [6.07, 6.45) is 2.23. The Hall–Kier alpha value is 0.160. The number of rotatable bonds is 3. The molecular weight excluding hydrogens is 305 g/mol. The first-order chi connectivity index (χ1) is 6.99. The van der Waals surface area contributed by atoms with Crippen LogP contribution in [0.1, 0.15) is 33.6 Å². The van der Waals surface area contributed by atoms with Crippen molar-refractivity contribution in [3.8, 4) is 0 Å². The second-order valence-corrected chi connectivity index (χ2v) is 5.77. The first-order valence-electron chi connectivity index (χ1n) is 5.48. The topological polar surface area (TPSA) is 29.5 Å². The normalized spacial score (nSPS) is 30.3. The molecule has 0 spiro atoms. The summed E-state index contributed by atoms with van der Waals surface area (Å²) in [4.78, 5) is 14.2. The van der Waals surface area contributed by atoms with E-state index in [2.05, 4.69) is 29.5 Å². The number of halogens is 1. The number of hydrogen-bond acceptors (Lipinski definition) is 2. The highest BCUT2D eigenvalue weighted by molar-refractivity contribution is 14.1. The number of carbonyl (C=O) groups is 1. The second kappa shape index (κ2) is 5.48. The average Bonchev–Trinajstić information content (AvgIpc) is 2.55. The summed E-state index contributed by atoms with van der Waals surface area (Å²) in [5.74, 6) is 0.182. The molecule has 0 aliphatic carbocycles. The highest BCUT2D eigenvalue weighted by Crippen LogP contribution is 2.30. The summed E-state index contributed by atoms with van der Waals surface area (Å²) >= 11 is 2.36. The zero-order valence-electron chi connectivity index (χ0n) is 9.87. The van der Waals surface area contributed by atoms with Crippen LogP contribution in [-0.2, 0) is 9.53 Å². The molecule has 1 amide bonds. The molecule has 1 heterocycles. The van der Waals surface area contributed by atoms with Crippen molar-refractivity contribution in [2.24, 2.45) is 5.92 Å². The summed E-state index contributed by atoms with van der Waals surface area (Å²) in [5, 5.41) is 0. The van der Waals surface area contributed by atoms with E-state index in [4.69, 9.17) is 4.74 Å². The molecule has 15 heavy (non-hydrogen) atoms. The number of nitrogens with zero attached hydrogens (tertiary/aromatic N) is 1. The predicted octanol–water partition coefficient (Wildman–Crippen LogP) is 2.43. The third-order valence-corrected chi connectivity index (χ3v) is 4.54. The molecule has 0 aromatic rings. The van der Waals surface area contributed by atoms with E-state index in [0.29, 0.717) is 10.1 Å². The first-order valence-corrected chi connectivity index (χ1v) is 6.72. The largest absolute Gasteiger partial charge is 0.381 e. The van der Waals surface area contributed by atoms with Crippen molar-refractivity contribution in [2.75, 3.05) is 7.11 Å². The van der Waals surface area contributed by atoms with Crippen molar-refractivity contribution in [1.29, 1.82) is 0 Å². The van der Waals surface area contributed by atoms with E-state index in [0.717, 1.165) is 12.8 Å². The van der Waals surface area contributed by atoms with E-state index >= 15 is 0 Å². The van der Waals surface area contributed by atoms with Crippen molar-refractivity contribution < 1.29 is 9.53 Å². The average molecular weight is 325 g/mol. The summed E-state index contributed by atoms with van der Waals surface area (Å²) < 4.78 is 5.57. The molecule has 1 fully saturated rings. The van der Waals surface area contributed by atoms with Crippen LogP contribution in [-0.4, -0.2) is 34.1 Å². The molecule has 0 radical (unpaired) electrons. The van der Waals surface area contributed by atoms with Gasteiger partial charge >= 0.3 is 0 Å². The number of methoxy groups -OCH3 is 1. The van der Waals surface area contributed by atoms with Crippen LogP contribution in [0.25, 0.3) is 0 Å². The van der Waals surface area contributed by atoms with Gasteiger partial charge < -0.3 is 9.64 Å². The van der Waals surface area contributed by atoms with Crippen LogP contribution >= 0.6 is 22.6 Å². The Balaban J connectivity index is 2.66. The lowest BCUT2D eigenvalue weighted by molar-refractivity contribution is -0.139. The lowest BCUT2D eigenvalue weighted by Crippen LogP contribution is -2.43. The van der Waals surface area contributed by atoms with Gasteiger partial charge in [-0.25, -0.2) is 0 Å². The van der Waals surface area contributed by atoms with Crippen LogP contribution in [0.5, 0.6) is 0 Å². The summed E-state index contributed by atoms with van der Waals surface area (Å²) in [6.45, 7) is 6.02. The van der Waals surface area contributed by atoms with E-state index in [9.17, 15) is 4.79 Å². The van der Waals surface area contributed by atoms with Gasteiger partial charge in [0.2, 0.25) is 5.91 Å². The molecule has 1 aliphatic rings. The zero-order chi connectivity index (χ0) is 11.6. The van der Waals surface area contributed by atoms with Crippen LogP contribution in [0.2, 0.25) is 0 Å². The van der Waals surface area contributed by atoms with Gasteiger partial charge in [0.05, 0.1) is 16.1 Å². The molecule has 0 bridgehead atoms. The molecule has 1 rings (SSSR count). The maximum Gasteiger partial charge on any atom is 0.229 e. The van der Waals surface area contributed by atoms with Crippen molar-refractivity contribution in [1.82, 2.24) is 4.90 Å². The molecule has 0 N–H and O–H groups in total. The smallest absolute Gasteiger partial charge is 0.229 e. The van der Waals surface area contributed by atoms with Gasteiger partial charge in [0.15, 0.2) is 0 Å². The van der Waals surface area contributed by atoms with E-state index in [-0.39, 0.29) is 17.9 Å². The molecular formula is C11H20INO2. The molecule has 3 nitrogen and oxygen atoms in total. The van der Waals surface area contributed by atoms with Gasteiger partial charge in [-0.1, -0.05) is 29.5 Å². The maximum atomic E-state index is 12.2. The number of likely N-dealkylation sites (tertiary alicyclic amines) is 1. The molecule has 1 saturated heterocycles. The molecule has 0 aromatic carbocycles. The van der Waals surface area contributed by atoms with Gasteiger partial charge in [0, 0.05) is 13.2 Å². The molecule has 88 valence electrons. The van der Waals surface area contributed by atoms with Gasteiger partial charge in [-0.15, -0.1) is 0 Å². The van der Waals surface area contributed by atoms with Crippen molar-refractivity contribution in [3.63, 3.8) is 0 Å². The number of alkyl halides is 1. The Morgan fingerprint density at radius 3 is 2.47 bits per heavy atom. The van der Waals surface area contributed by atoms with E-state index in [1.165, 1.54) is 0 Å². The van der Waals surface area contributed by atoms with Crippen molar-refractivity contribution >= 4 is 28.5 Å². The standard InChI is InChI=1S/C11H20INO2/c1-7-5-6-10(12)13(7)11(14)8(2)9(3)15-4/h7-10H,5-6H2,1-4H3/t7?,8?,9?,10-/m0/s1. The number of hydrogen-bond donors (Lipinski definition) is 0. The van der Waals surface area contributed by atoms with Crippen molar-refractivity contribution in [3.05, 3.63) is 0 Å². The molecule has 0 aromatic heterocycles. The molecule has 3 unspecified atom stereocenters. The van der Waals surface area contributed by atoms with E-state index in [1.807, 2.05) is 18.7 Å². The van der Waals surface area contributed by atoms with Gasteiger partial charge in [-0.2, -0.15) is 0 Å². The fourth-order valence-corrected chi connectivity index (χ4v) is 3.11. The molecule has 4 atom stereocenters. The Morgan fingerprint density at radius 2 is 2.07 bits per heavy atom. The highest BCUT2D eigenvalue weighted by atomic mass is 127. The summed E-state index contributed by atoms with van der Waals surface area (Å²) in [6, 6.07) is 0.380. The molecule has 0 saturated carbocycles. The predicted molar refractivity (Wildman–Crippen MR) is 69.0 cm³/mol. The highest BCUT2D eigenvalue weighted by Gasteiger charge is 2.36. The van der Waals surface area contributed by atoms with Crippen molar-refractivity contribution in [2.45, 2.75) is 49.8 Å². The second-order valence-electron chi connectivity index (χ2n) is 4.34. The lowest BCUT2D eigenvalue weighted by Gasteiger charge is -2.30. The van der Waals surface area contributed by atoms with Crippen LogP contribution in [0.3, 0.4) is 0 Å². The summed E-state index contributed by atoms with van der Waals surface area (Å²) in [5.41, 5.74) is 0. The SMILES string of the molecule is COC(C)C(C)C(=O)N1C(C)CC[C@H]1I. The minimum absolute atomic E-state index is 0.00565. The fraction of sp³-hybridized carbons (Fsp3) is 0.909. The minimum atomic E-state index is -0.0483. The third kappa shape index (κ3) is 2.84. The van der Waals surface area contributed by atoms with Crippen LogP contribution in [0, 0.1) is 5.92 Å². The Labute approximate surface area is 106 Å². The molecule has 4 heteroatoms. The fourth-order valence-electron chi connectivity index (χ4n) is 1.93. The van der Waals surface area contributed by atoms with Crippen LogP contribution in [0.15, 0.2) is 0 Å². The van der Waals surface area contributed by atoms with Gasteiger partial charge in [-0.3, -0.25) is 4.79 Å². The number of ether oxygens (including phenoxy) is 1. The van der Waals surface area contributed by atoms with E-state index in [1.54, 1.807) is 7.11 Å².